The van der Waals surface area contributed by atoms with Crippen LogP contribution in [0.15, 0.2) is 65.1 Å². The van der Waals surface area contributed by atoms with E-state index in [4.69, 9.17) is 34.0 Å². The number of benzene rings is 2. The summed E-state index contributed by atoms with van der Waals surface area (Å²) in [6.45, 7) is 0. The van der Waals surface area contributed by atoms with Crippen LogP contribution in [0.25, 0.3) is 0 Å². The Hall–Kier alpha value is -2.82. The van der Waals surface area contributed by atoms with E-state index >= 15 is 0 Å². The number of nitrogens with one attached hydrogen (secondary N) is 3. The number of rotatable bonds is 7. The van der Waals surface area contributed by atoms with Gasteiger partial charge >= 0.3 is 6.18 Å². The molecule has 12 heteroatoms. The molecule has 0 aliphatic carbocycles. The molecule has 0 fully saturated rings. The number of alkyl halides is 3. The molecule has 5 nitrogen and oxygen atoms in total. The fraction of sp³-hybridized carbons (Fsp3) is 0.0952. The van der Waals surface area contributed by atoms with Crippen LogP contribution in [0.4, 0.5) is 23.2 Å². The molecule has 2 rings (SSSR count). The van der Waals surface area contributed by atoms with Crippen molar-refractivity contribution in [2.45, 2.75) is 6.18 Å². The fourth-order valence-electron chi connectivity index (χ4n) is 2.68. The highest BCUT2D eigenvalue weighted by molar-refractivity contribution is 8.13. The van der Waals surface area contributed by atoms with Crippen molar-refractivity contribution in [1.82, 2.24) is 0 Å². The molecule has 0 saturated heterocycles. The van der Waals surface area contributed by atoms with Gasteiger partial charge in [-0.25, -0.2) is 4.39 Å². The molecule has 0 saturated carbocycles. The molecule has 0 aliphatic rings. The molecule has 2 aromatic rings. The molecule has 0 atom stereocenters. The standard InChI is InChI=1S/C21H15Cl2F4N3O2S/c1-33-20(32)16(17(29)15-13(23)6-3-7-14(15)24)18(31)12(9-28)19(21(25,26)27)30-11-5-2-4-10(22)8-11/h2-9,28-31H,1H3/b18-16+,19-12+,28-9?,29-17?. The second-order valence-electron chi connectivity index (χ2n) is 6.25. The van der Waals surface area contributed by atoms with Gasteiger partial charge in [0.15, 0.2) is 0 Å². The first-order valence-electron chi connectivity index (χ1n) is 8.82. The SMILES string of the molecule is CSC(=O)/C(C(=N)c1c(F)cccc1Cl)=C(O)\C(C=N)=C(\Nc1cccc(Cl)c1)C(F)(F)F. The average Bonchev–Trinajstić information content (AvgIpc) is 2.73. The van der Waals surface area contributed by atoms with E-state index in [-0.39, 0.29) is 21.9 Å². The lowest BCUT2D eigenvalue weighted by atomic mass is 9.98. The van der Waals surface area contributed by atoms with Gasteiger partial charge in [0.1, 0.15) is 17.3 Å². The number of hydrogen-bond donors (Lipinski definition) is 4. The minimum Gasteiger partial charge on any atom is -0.506 e. The lowest BCUT2D eigenvalue weighted by Gasteiger charge is -2.19. The minimum atomic E-state index is -5.13. The van der Waals surface area contributed by atoms with Crippen LogP contribution in [-0.2, 0) is 4.79 Å². The zero-order valence-corrected chi connectivity index (χ0v) is 19.0. The van der Waals surface area contributed by atoms with Gasteiger partial charge in [0, 0.05) is 16.9 Å². The van der Waals surface area contributed by atoms with Crippen molar-refractivity contribution in [3.05, 3.63) is 86.5 Å². The predicted molar refractivity (Wildman–Crippen MR) is 123 cm³/mol. The number of halogens is 6. The molecular weight excluding hydrogens is 505 g/mol. The second-order valence-corrected chi connectivity index (χ2v) is 7.88. The van der Waals surface area contributed by atoms with Gasteiger partial charge in [-0.2, -0.15) is 13.2 Å². The normalized spacial score (nSPS) is 13.1. The first kappa shape index (κ1) is 26.4. The minimum absolute atomic E-state index is 0.118. The zero-order chi connectivity index (χ0) is 24.9. The Morgan fingerprint density at radius 1 is 1.18 bits per heavy atom. The van der Waals surface area contributed by atoms with E-state index in [0.29, 0.717) is 11.8 Å². The van der Waals surface area contributed by atoms with E-state index in [1.165, 1.54) is 42.7 Å². The van der Waals surface area contributed by atoms with E-state index in [9.17, 15) is 27.5 Å². The monoisotopic (exact) mass is 519 g/mol. The van der Waals surface area contributed by atoms with Crippen LogP contribution < -0.4 is 5.32 Å². The molecule has 4 N–H and O–H groups in total. The average molecular weight is 520 g/mol. The van der Waals surface area contributed by atoms with E-state index < -0.39 is 51.0 Å². The van der Waals surface area contributed by atoms with Gasteiger partial charge in [-0.1, -0.05) is 47.1 Å². The van der Waals surface area contributed by atoms with Crippen molar-refractivity contribution < 1.29 is 27.5 Å². The molecule has 0 aromatic heterocycles. The highest BCUT2D eigenvalue weighted by atomic mass is 35.5. The number of hydrogen-bond acceptors (Lipinski definition) is 6. The van der Waals surface area contributed by atoms with Crippen molar-refractivity contribution in [2.75, 3.05) is 11.6 Å². The molecule has 0 heterocycles. The topological polar surface area (TPSA) is 97.0 Å². The van der Waals surface area contributed by atoms with E-state index in [1.54, 1.807) is 0 Å². The van der Waals surface area contributed by atoms with Crippen LogP contribution >= 0.6 is 35.0 Å². The van der Waals surface area contributed by atoms with Gasteiger partial charge in [-0.15, -0.1) is 0 Å². The van der Waals surface area contributed by atoms with Gasteiger partial charge < -0.3 is 15.8 Å². The number of aliphatic hydroxyl groups is 1. The summed E-state index contributed by atoms with van der Waals surface area (Å²) in [7, 11) is 0. The highest BCUT2D eigenvalue weighted by Crippen LogP contribution is 2.34. The largest absolute Gasteiger partial charge is 0.506 e. The Balaban J connectivity index is 2.83. The summed E-state index contributed by atoms with van der Waals surface area (Å²) in [5.41, 5.74) is -5.37. The number of carbonyl (C=O) groups excluding carboxylic acids is 1. The molecule has 0 spiro atoms. The summed E-state index contributed by atoms with van der Waals surface area (Å²) in [6, 6.07) is 8.60. The Labute approximate surface area is 200 Å². The summed E-state index contributed by atoms with van der Waals surface area (Å²) >= 11 is 12.2. The lowest BCUT2D eigenvalue weighted by Crippen LogP contribution is -2.24. The second kappa shape index (κ2) is 10.9. The lowest BCUT2D eigenvalue weighted by molar-refractivity contribution is -0.107. The van der Waals surface area contributed by atoms with Crippen LogP contribution in [-0.4, -0.2) is 34.6 Å². The molecule has 2 aromatic carbocycles. The van der Waals surface area contributed by atoms with Crippen LogP contribution in [0.2, 0.25) is 10.0 Å². The smallest absolute Gasteiger partial charge is 0.432 e. The van der Waals surface area contributed by atoms with Crippen molar-refractivity contribution in [1.29, 1.82) is 10.8 Å². The summed E-state index contributed by atoms with van der Waals surface area (Å²) in [5.74, 6) is -2.38. The van der Waals surface area contributed by atoms with E-state index in [2.05, 4.69) is 0 Å². The molecule has 0 radical (unpaired) electrons. The molecule has 0 amide bonds. The number of carbonyl (C=O) groups is 1. The zero-order valence-electron chi connectivity index (χ0n) is 16.7. The van der Waals surface area contributed by atoms with Gasteiger partial charge in [-0.3, -0.25) is 10.2 Å². The predicted octanol–water partition coefficient (Wildman–Crippen LogP) is 6.78. The molecular formula is C21H15Cl2F4N3O2S. The summed E-state index contributed by atoms with van der Waals surface area (Å²) < 4.78 is 56.0. The quantitative estimate of drug-likeness (QED) is 0.106. The van der Waals surface area contributed by atoms with Crippen LogP contribution in [0.5, 0.6) is 0 Å². The van der Waals surface area contributed by atoms with Gasteiger partial charge in [0.25, 0.3) is 0 Å². The van der Waals surface area contributed by atoms with Gasteiger partial charge in [0.05, 0.1) is 27.4 Å². The Morgan fingerprint density at radius 3 is 2.33 bits per heavy atom. The maximum Gasteiger partial charge on any atom is 0.432 e. The van der Waals surface area contributed by atoms with Crippen LogP contribution in [0.1, 0.15) is 5.56 Å². The van der Waals surface area contributed by atoms with E-state index in [0.717, 1.165) is 6.07 Å². The summed E-state index contributed by atoms with van der Waals surface area (Å²) in [4.78, 5) is 12.5. The first-order valence-corrected chi connectivity index (χ1v) is 10.8. The van der Waals surface area contributed by atoms with Crippen LogP contribution in [0, 0.1) is 16.6 Å². The van der Waals surface area contributed by atoms with Crippen molar-refractivity contribution >= 4 is 57.7 Å². The molecule has 0 bridgehead atoms. The highest BCUT2D eigenvalue weighted by Gasteiger charge is 2.39. The number of allylic oxidation sites excluding steroid dienone is 2. The molecule has 174 valence electrons. The third kappa shape index (κ3) is 6.16. The number of anilines is 1. The van der Waals surface area contributed by atoms with Crippen LogP contribution in [0.3, 0.4) is 0 Å². The Bertz CT molecular complexity index is 1160. The Morgan fingerprint density at radius 2 is 1.82 bits per heavy atom. The Kier molecular flexibility index (Phi) is 8.70. The van der Waals surface area contributed by atoms with Gasteiger partial charge in [0.2, 0.25) is 5.12 Å². The van der Waals surface area contributed by atoms with Crippen molar-refractivity contribution in [2.24, 2.45) is 0 Å². The number of thioether (sulfide) groups is 1. The summed E-state index contributed by atoms with van der Waals surface area (Å²) in [6.07, 6.45) is -3.71. The number of aliphatic hydroxyl groups excluding tert-OH is 1. The third-order valence-corrected chi connectivity index (χ3v) is 5.26. The van der Waals surface area contributed by atoms with Crippen molar-refractivity contribution in [3.8, 4) is 0 Å². The fourth-order valence-corrected chi connectivity index (χ4v) is 3.53. The maximum atomic E-state index is 14.3. The molecule has 0 aliphatic heterocycles. The van der Waals surface area contributed by atoms with Crippen molar-refractivity contribution in [3.63, 3.8) is 0 Å². The third-order valence-electron chi connectivity index (χ3n) is 4.14. The van der Waals surface area contributed by atoms with E-state index in [1.807, 2.05) is 5.32 Å². The molecule has 33 heavy (non-hydrogen) atoms. The first-order chi connectivity index (χ1) is 15.4. The van der Waals surface area contributed by atoms with Gasteiger partial charge in [-0.05, 0) is 36.6 Å². The molecule has 0 unspecified atom stereocenters. The maximum absolute atomic E-state index is 14.3. The summed E-state index contributed by atoms with van der Waals surface area (Å²) in [5, 5.41) is 27.3.